The van der Waals surface area contributed by atoms with Gasteiger partial charge < -0.3 is 19.7 Å². The van der Waals surface area contributed by atoms with Crippen molar-refractivity contribution >= 4 is 45.0 Å². The molecule has 3 heterocycles. The summed E-state index contributed by atoms with van der Waals surface area (Å²) in [7, 11) is 0. The van der Waals surface area contributed by atoms with Crippen molar-refractivity contribution < 1.29 is 38.5 Å². The molecule has 0 aromatic carbocycles. The number of carbonyl (C=O) groups is 3. The van der Waals surface area contributed by atoms with Crippen molar-refractivity contribution in [1.82, 2.24) is 19.5 Å². The molecule has 13 heteroatoms. The fourth-order valence-electron chi connectivity index (χ4n) is 3.48. The van der Waals surface area contributed by atoms with Gasteiger partial charge in [-0.1, -0.05) is 0 Å². The van der Waals surface area contributed by atoms with Crippen LogP contribution in [-0.2, 0) is 23.9 Å². The van der Waals surface area contributed by atoms with Crippen LogP contribution >= 0.6 is 15.9 Å². The summed E-state index contributed by atoms with van der Waals surface area (Å²) in [6, 6.07) is 0. The van der Waals surface area contributed by atoms with Gasteiger partial charge in [-0.25, -0.2) is 4.98 Å². The minimum atomic E-state index is -1.17. The van der Waals surface area contributed by atoms with Crippen LogP contribution in [0.4, 0.5) is 4.39 Å². The summed E-state index contributed by atoms with van der Waals surface area (Å²) in [6.45, 7) is 0.938. The lowest BCUT2D eigenvalue weighted by atomic mass is 9.84. The second-order valence-electron chi connectivity index (χ2n) is 6.50. The van der Waals surface area contributed by atoms with E-state index in [-0.39, 0.29) is 22.4 Å². The average Bonchev–Trinajstić information content (AvgIpc) is 3.15. The highest BCUT2D eigenvalue weighted by Crippen LogP contribution is 2.44. The van der Waals surface area contributed by atoms with E-state index in [0.29, 0.717) is 0 Å². The van der Waals surface area contributed by atoms with E-state index in [2.05, 4.69) is 30.9 Å². The molecule has 1 aliphatic heterocycles. The van der Waals surface area contributed by atoms with Crippen molar-refractivity contribution in [3.63, 3.8) is 0 Å². The summed E-state index contributed by atoms with van der Waals surface area (Å²) >= 11 is 3.09. The fraction of sp³-hybridized carbons (Fsp3) is 0.500. The van der Waals surface area contributed by atoms with Gasteiger partial charge in [0, 0.05) is 18.8 Å². The maximum atomic E-state index is 13.7. The predicted octanol–water partition coefficient (Wildman–Crippen LogP) is 1.37. The van der Waals surface area contributed by atoms with E-state index in [1.165, 1.54) is 17.8 Å². The van der Waals surface area contributed by atoms with Crippen LogP contribution in [-0.4, -0.2) is 60.4 Å². The molecule has 2 aromatic rings. The Kier molecular flexibility index (Phi) is 6.07. The lowest BCUT2D eigenvalue weighted by Crippen LogP contribution is -2.29. The van der Waals surface area contributed by atoms with Crippen molar-refractivity contribution in [3.05, 3.63) is 17.0 Å². The number of hydrogen-bond donors (Lipinski definition) is 2. The van der Waals surface area contributed by atoms with E-state index in [1.807, 2.05) is 0 Å². The maximum absolute atomic E-state index is 13.7. The number of fused-ring (bicyclic) bond motifs is 1. The van der Waals surface area contributed by atoms with Crippen LogP contribution in [0.25, 0.3) is 11.2 Å². The highest BCUT2D eigenvalue weighted by Gasteiger charge is 2.48. The molecule has 0 bridgehead atoms. The number of rotatable bonds is 7. The molecule has 1 saturated heterocycles. The van der Waals surface area contributed by atoms with Crippen molar-refractivity contribution in [2.75, 3.05) is 6.61 Å². The molecule has 2 N–H and O–H groups in total. The summed E-state index contributed by atoms with van der Waals surface area (Å²) < 4.78 is 26.0. The topological polar surface area (TPSA) is 154 Å². The van der Waals surface area contributed by atoms with Crippen LogP contribution in [0.2, 0.25) is 0 Å². The van der Waals surface area contributed by atoms with Gasteiger partial charge in [-0.15, -0.1) is 0 Å². The van der Waals surface area contributed by atoms with Gasteiger partial charge in [0.2, 0.25) is 0 Å². The number of carbonyl (C=O) groups excluding carboxylic acids is 1. The first-order chi connectivity index (χ1) is 13.7. The molecule has 0 radical (unpaired) electrons. The molecular weight excluding hydrogens is 459 g/mol. The zero-order valence-corrected chi connectivity index (χ0v) is 16.6. The first-order valence-electron chi connectivity index (χ1n) is 8.45. The van der Waals surface area contributed by atoms with Crippen LogP contribution in [0.15, 0.2) is 10.9 Å². The summed E-state index contributed by atoms with van der Waals surface area (Å²) in [6.07, 6.45) is -2.46. The standard InChI is InChI=1S/C16H16BrFN4O7/c1-6(23)28-4-9-7(2-10(24)25)8(3-11(26)27)15(29-9)22-5-19-12-13(17)20-16(18)21-14(12)22/h5,7-9,15H,2-4H2,1H3,(H,24,25)(H,26,27)/t7-,8-,9+,15-/m1/s1. The molecular formula is C16H16BrFN4O7. The Bertz CT molecular complexity index is 968. The Hall–Kier alpha value is -2.67. The van der Waals surface area contributed by atoms with E-state index in [4.69, 9.17) is 9.47 Å². The number of hydrogen-bond acceptors (Lipinski definition) is 8. The van der Waals surface area contributed by atoms with Crippen molar-refractivity contribution in [3.8, 4) is 0 Å². The third-order valence-electron chi connectivity index (χ3n) is 4.61. The lowest BCUT2D eigenvalue weighted by molar-refractivity contribution is -0.147. The number of carboxylic acids is 2. The van der Waals surface area contributed by atoms with Crippen LogP contribution in [0.5, 0.6) is 0 Å². The molecule has 0 saturated carbocycles. The largest absolute Gasteiger partial charge is 0.481 e. The molecule has 156 valence electrons. The second-order valence-corrected chi connectivity index (χ2v) is 7.25. The predicted molar refractivity (Wildman–Crippen MR) is 95.0 cm³/mol. The first kappa shape index (κ1) is 21.0. The monoisotopic (exact) mass is 474 g/mol. The number of ether oxygens (including phenoxy) is 2. The molecule has 11 nitrogen and oxygen atoms in total. The Morgan fingerprint density at radius 1 is 1.24 bits per heavy atom. The molecule has 3 rings (SSSR count). The minimum absolute atomic E-state index is 0.0481. The van der Waals surface area contributed by atoms with Gasteiger partial charge in [0.1, 0.15) is 23.0 Å². The van der Waals surface area contributed by atoms with Gasteiger partial charge in [-0.3, -0.25) is 19.0 Å². The van der Waals surface area contributed by atoms with Gasteiger partial charge in [-0.05, 0) is 15.9 Å². The van der Waals surface area contributed by atoms with Crippen LogP contribution in [0.3, 0.4) is 0 Å². The molecule has 0 aliphatic carbocycles. The average molecular weight is 475 g/mol. The fourth-order valence-corrected chi connectivity index (χ4v) is 3.91. The van der Waals surface area contributed by atoms with E-state index in [9.17, 15) is 29.0 Å². The Labute approximate surface area is 171 Å². The number of aromatic nitrogens is 4. The summed E-state index contributed by atoms with van der Waals surface area (Å²) in [5, 5.41) is 18.6. The number of carboxylic acid groups (broad SMARTS) is 2. The van der Waals surface area contributed by atoms with Crippen molar-refractivity contribution in [1.29, 1.82) is 0 Å². The molecule has 1 aliphatic rings. The lowest BCUT2D eigenvalue weighted by Gasteiger charge is -2.22. The van der Waals surface area contributed by atoms with Crippen molar-refractivity contribution in [2.24, 2.45) is 11.8 Å². The maximum Gasteiger partial charge on any atom is 0.311 e. The molecule has 29 heavy (non-hydrogen) atoms. The molecule has 0 unspecified atom stereocenters. The van der Waals surface area contributed by atoms with Crippen LogP contribution in [0, 0.1) is 17.9 Å². The van der Waals surface area contributed by atoms with Gasteiger partial charge in [0.05, 0.1) is 25.3 Å². The van der Waals surface area contributed by atoms with E-state index >= 15 is 0 Å². The smallest absolute Gasteiger partial charge is 0.311 e. The number of imidazole rings is 1. The molecule has 2 aromatic heterocycles. The molecule has 1 fully saturated rings. The highest BCUT2D eigenvalue weighted by atomic mass is 79.9. The third-order valence-corrected chi connectivity index (χ3v) is 5.16. The normalized spacial score (nSPS) is 24.0. The number of esters is 1. The Morgan fingerprint density at radius 3 is 2.52 bits per heavy atom. The number of aliphatic carboxylic acids is 2. The highest BCUT2D eigenvalue weighted by molar-refractivity contribution is 9.10. The first-order valence-corrected chi connectivity index (χ1v) is 9.24. The van der Waals surface area contributed by atoms with Crippen molar-refractivity contribution in [2.45, 2.75) is 32.1 Å². The molecule has 4 atom stereocenters. The van der Waals surface area contributed by atoms with E-state index in [0.717, 1.165) is 0 Å². The van der Waals surface area contributed by atoms with Crippen LogP contribution in [0.1, 0.15) is 26.0 Å². The minimum Gasteiger partial charge on any atom is -0.481 e. The number of halogens is 2. The van der Waals surface area contributed by atoms with Gasteiger partial charge in [0.25, 0.3) is 0 Å². The van der Waals surface area contributed by atoms with E-state index in [1.54, 1.807) is 0 Å². The van der Waals surface area contributed by atoms with Gasteiger partial charge in [0.15, 0.2) is 5.65 Å². The van der Waals surface area contributed by atoms with E-state index < -0.39 is 61.0 Å². The zero-order chi connectivity index (χ0) is 21.3. The quantitative estimate of drug-likeness (QED) is 0.341. The molecule has 0 amide bonds. The zero-order valence-electron chi connectivity index (χ0n) is 15.0. The summed E-state index contributed by atoms with van der Waals surface area (Å²) in [4.78, 5) is 45.3. The van der Waals surface area contributed by atoms with Gasteiger partial charge >= 0.3 is 24.0 Å². The Balaban J connectivity index is 2.04. The SMILES string of the molecule is CC(=O)OC[C@@H]1O[C@@H](n2cnc3c(Br)nc(F)nc32)[C@H](CC(=O)O)[C@H]1CC(=O)O. The number of nitrogens with zero attached hydrogens (tertiary/aromatic N) is 4. The second kappa shape index (κ2) is 8.37. The van der Waals surface area contributed by atoms with Crippen LogP contribution < -0.4 is 0 Å². The Morgan fingerprint density at radius 2 is 1.90 bits per heavy atom. The van der Waals surface area contributed by atoms with Gasteiger partial charge in [-0.2, -0.15) is 14.4 Å². The summed E-state index contributed by atoms with van der Waals surface area (Å²) in [5.74, 6) is -4.51. The third kappa shape index (κ3) is 4.50. The molecule has 0 spiro atoms. The summed E-state index contributed by atoms with van der Waals surface area (Å²) in [5.41, 5.74) is 0.272.